The molecule has 3 aromatic rings. The van der Waals surface area contributed by atoms with E-state index in [1.165, 1.54) is 22.7 Å². The zero-order valence-corrected chi connectivity index (χ0v) is 13.1. The number of nitrogens with zero attached hydrogens (tertiary/aromatic N) is 2. The van der Waals surface area contributed by atoms with E-state index in [4.69, 9.17) is 11.6 Å². The third-order valence-electron chi connectivity index (χ3n) is 3.58. The van der Waals surface area contributed by atoms with Crippen molar-refractivity contribution in [3.63, 3.8) is 0 Å². The van der Waals surface area contributed by atoms with E-state index in [-0.39, 0.29) is 0 Å². The van der Waals surface area contributed by atoms with E-state index in [0.717, 1.165) is 24.5 Å². The predicted molar refractivity (Wildman–Crippen MR) is 92.7 cm³/mol. The number of rotatable bonds is 5. The van der Waals surface area contributed by atoms with Gasteiger partial charge in [-0.25, -0.2) is 9.97 Å². The van der Waals surface area contributed by atoms with Crippen LogP contribution in [0.1, 0.15) is 5.56 Å². The molecule has 3 rings (SSSR count). The molecule has 0 saturated heterocycles. The summed E-state index contributed by atoms with van der Waals surface area (Å²) in [6, 6.07) is 14.5. The molecule has 0 radical (unpaired) electrons. The normalized spacial score (nSPS) is 10.6. The average Bonchev–Trinajstić information content (AvgIpc) is 2.54. The van der Waals surface area contributed by atoms with Gasteiger partial charge in [0.1, 0.15) is 17.3 Å². The van der Waals surface area contributed by atoms with Gasteiger partial charge in [-0.3, -0.25) is 0 Å². The summed E-state index contributed by atoms with van der Waals surface area (Å²) >= 11 is 5.85. The van der Waals surface area contributed by atoms with Crippen LogP contribution in [0.4, 0.5) is 11.5 Å². The first-order chi connectivity index (χ1) is 10.8. The van der Waals surface area contributed by atoms with Crippen molar-refractivity contribution < 1.29 is 0 Å². The maximum Gasteiger partial charge on any atom is 0.134 e. The maximum absolute atomic E-state index is 5.85. The van der Waals surface area contributed by atoms with Crippen LogP contribution in [0.5, 0.6) is 0 Å². The first-order valence-corrected chi connectivity index (χ1v) is 7.55. The lowest BCUT2D eigenvalue weighted by Gasteiger charge is -2.12. The van der Waals surface area contributed by atoms with E-state index in [9.17, 15) is 0 Å². The third-order valence-corrected chi connectivity index (χ3v) is 3.78. The predicted octanol–water partition coefficient (Wildman–Crippen LogP) is 3.98. The van der Waals surface area contributed by atoms with Gasteiger partial charge < -0.3 is 10.6 Å². The Morgan fingerprint density at radius 2 is 1.82 bits per heavy atom. The fourth-order valence-electron chi connectivity index (χ4n) is 2.48. The highest BCUT2D eigenvalue weighted by Crippen LogP contribution is 2.24. The fourth-order valence-corrected chi connectivity index (χ4v) is 2.63. The number of fused-ring (bicyclic) bond motifs is 1. The highest BCUT2D eigenvalue weighted by atomic mass is 35.5. The Hall–Kier alpha value is -2.33. The molecule has 22 heavy (non-hydrogen) atoms. The molecule has 0 spiro atoms. The number of anilines is 2. The van der Waals surface area contributed by atoms with Crippen molar-refractivity contribution in [1.29, 1.82) is 0 Å². The van der Waals surface area contributed by atoms with E-state index < -0.39 is 0 Å². The average molecular weight is 313 g/mol. The molecule has 0 aliphatic rings. The van der Waals surface area contributed by atoms with Crippen LogP contribution >= 0.6 is 11.6 Å². The maximum atomic E-state index is 5.85. The Labute approximate surface area is 134 Å². The van der Waals surface area contributed by atoms with Gasteiger partial charge in [0, 0.05) is 25.3 Å². The second kappa shape index (κ2) is 6.62. The minimum absolute atomic E-state index is 0.444. The van der Waals surface area contributed by atoms with E-state index in [0.29, 0.717) is 5.15 Å². The van der Waals surface area contributed by atoms with Gasteiger partial charge in [-0.1, -0.05) is 35.9 Å². The third kappa shape index (κ3) is 3.28. The fraction of sp³-hybridized carbons (Fsp3) is 0.176. The zero-order valence-electron chi connectivity index (χ0n) is 12.3. The highest BCUT2D eigenvalue weighted by Gasteiger charge is 2.04. The number of aromatic nitrogens is 2. The van der Waals surface area contributed by atoms with Gasteiger partial charge >= 0.3 is 0 Å². The smallest absolute Gasteiger partial charge is 0.134 e. The van der Waals surface area contributed by atoms with Gasteiger partial charge in [0.25, 0.3) is 0 Å². The molecule has 0 bridgehead atoms. The van der Waals surface area contributed by atoms with Crippen LogP contribution in [0.3, 0.4) is 0 Å². The van der Waals surface area contributed by atoms with E-state index in [1.807, 2.05) is 7.05 Å². The van der Waals surface area contributed by atoms with Crippen molar-refractivity contribution in [2.45, 2.75) is 6.42 Å². The summed E-state index contributed by atoms with van der Waals surface area (Å²) < 4.78 is 0. The van der Waals surface area contributed by atoms with E-state index >= 15 is 0 Å². The van der Waals surface area contributed by atoms with Crippen molar-refractivity contribution in [1.82, 2.24) is 9.97 Å². The Bertz CT molecular complexity index is 788. The first kappa shape index (κ1) is 14.6. The Kier molecular flexibility index (Phi) is 4.39. The van der Waals surface area contributed by atoms with Crippen molar-refractivity contribution >= 4 is 33.9 Å². The van der Waals surface area contributed by atoms with Crippen molar-refractivity contribution in [3.05, 3.63) is 59.5 Å². The molecule has 4 nitrogen and oxygen atoms in total. The van der Waals surface area contributed by atoms with Gasteiger partial charge in [-0.2, -0.15) is 0 Å². The number of hydrogen-bond acceptors (Lipinski definition) is 4. The Morgan fingerprint density at radius 3 is 2.55 bits per heavy atom. The monoisotopic (exact) mass is 312 g/mol. The van der Waals surface area contributed by atoms with Crippen molar-refractivity contribution in [2.75, 3.05) is 24.2 Å². The molecule has 0 atom stereocenters. The van der Waals surface area contributed by atoms with Crippen LogP contribution in [-0.4, -0.2) is 23.6 Å². The van der Waals surface area contributed by atoms with Crippen LogP contribution in [-0.2, 0) is 6.42 Å². The molecule has 1 aromatic heterocycles. The molecule has 0 aliphatic carbocycles. The quantitative estimate of drug-likeness (QED) is 0.700. The largest absolute Gasteiger partial charge is 0.388 e. The molecule has 0 amide bonds. The van der Waals surface area contributed by atoms with Crippen LogP contribution < -0.4 is 10.6 Å². The molecule has 0 fully saturated rings. The first-order valence-electron chi connectivity index (χ1n) is 7.17. The second-order valence-electron chi connectivity index (χ2n) is 5.01. The Morgan fingerprint density at radius 1 is 1.05 bits per heavy atom. The molecular formula is C17H17ClN4. The van der Waals surface area contributed by atoms with Crippen LogP contribution in [0.25, 0.3) is 10.8 Å². The molecule has 5 heteroatoms. The van der Waals surface area contributed by atoms with Gasteiger partial charge in [0.05, 0.1) is 0 Å². The van der Waals surface area contributed by atoms with Crippen molar-refractivity contribution in [3.8, 4) is 0 Å². The standard InChI is InChI=1S/C17H17ClN4/c1-19-15-9-13-5-3-2-4-12(13)8-14(15)6-7-20-17-10-16(18)21-11-22-17/h2-5,8-11,19H,6-7H2,1H3,(H,20,21,22). The molecule has 0 unspecified atom stereocenters. The summed E-state index contributed by atoms with van der Waals surface area (Å²) in [5, 5.41) is 9.48. The van der Waals surface area contributed by atoms with E-state index in [1.54, 1.807) is 6.07 Å². The SMILES string of the molecule is CNc1cc2ccccc2cc1CCNc1cc(Cl)ncn1. The number of benzene rings is 2. The summed E-state index contributed by atoms with van der Waals surface area (Å²) in [6.45, 7) is 0.778. The summed E-state index contributed by atoms with van der Waals surface area (Å²) in [6.07, 6.45) is 2.35. The van der Waals surface area contributed by atoms with Crippen LogP contribution in [0.15, 0.2) is 48.8 Å². The zero-order chi connectivity index (χ0) is 15.4. The van der Waals surface area contributed by atoms with Gasteiger partial charge in [-0.05, 0) is 34.9 Å². The molecule has 2 N–H and O–H groups in total. The minimum Gasteiger partial charge on any atom is -0.388 e. The van der Waals surface area contributed by atoms with Gasteiger partial charge in [0.2, 0.25) is 0 Å². The van der Waals surface area contributed by atoms with Gasteiger partial charge in [-0.15, -0.1) is 0 Å². The number of nitrogens with one attached hydrogen (secondary N) is 2. The molecule has 0 aliphatic heterocycles. The van der Waals surface area contributed by atoms with Crippen molar-refractivity contribution in [2.24, 2.45) is 0 Å². The Balaban J connectivity index is 1.75. The van der Waals surface area contributed by atoms with Crippen LogP contribution in [0, 0.1) is 0 Å². The summed E-state index contributed by atoms with van der Waals surface area (Å²) in [5.41, 5.74) is 2.43. The summed E-state index contributed by atoms with van der Waals surface area (Å²) in [5.74, 6) is 0.742. The molecule has 2 aromatic carbocycles. The number of halogens is 1. The lowest BCUT2D eigenvalue weighted by molar-refractivity contribution is 1.00. The molecule has 112 valence electrons. The van der Waals surface area contributed by atoms with Crippen LogP contribution in [0.2, 0.25) is 5.15 Å². The highest BCUT2D eigenvalue weighted by molar-refractivity contribution is 6.29. The molecule has 1 heterocycles. The molecule has 0 saturated carbocycles. The topological polar surface area (TPSA) is 49.8 Å². The lowest BCUT2D eigenvalue weighted by atomic mass is 10.0. The summed E-state index contributed by atoms with van der Waals surface area (Å²) in [7, 11) is 1.95. The lowest BCUT2D eigenvalue weighted by Crippen LogP contribution is -2.08. The minimum atomic E-state index is 0.444. The number of hydrogen-bond donors (Lipinski definition) is 2. The second-order valence-corrected chi connectivity index (χ2v) is 5.40. The van der Waals surface area contributed by atoms with Gasteiger partial charge in [0.15, 0.2) is 0 Å². The molecular weight excluding hydrogens is 296 g/mol. The van der Waals surface area contributed by atoms with E-state index in [2.05, 4.69) is 57.0 Å². The summed E-state index contributed by atoms with van der Waals surface area (Å²) in [4.78, 5) is 8.01.